The lowest BCUT2D eigenvalue weighted by molar-refractivity contribution is 0.00578. The molecular formula is C20H32BNO5S. The molecule has 0 aromatic carbocycles. The molecule has 6 nitrogen and oxygen atoms in total. The van der Waals surface area contributed by atoms with Gasteiger partial charge in [0.1, 0.15) is 5.60 Å². The number of carbonyl (C=O) groups excluding carboxylic acids is 1. The van der Waals surface area contributed by atoms with Crippen LogP contribution in [0.4, 0.5) is 4.79 Å². The first kappa shape index (κ1) is 22.9. The van der Waals surface area contributed by atoms with Gasteiger partial charge in [-0.05, 0) is 70.9 Å². The molecule has 1 aliphatic rings. The highest BCUT2D eigenvalue weighted by Gasteiger charge is 2.52. The van der Waals surface area contributed by atoms with Crippen LogP contribution < -0.4 is 5.32 Å². The van der Waals surface area contributed by atoms with Crippen LogP contribution in [0.25, 0.3) is 6.08 Å². The zero-order chi connectivity index (χ0) is 21.2. The van der Waals surface area contributed by atoms with Gasteiger partial charge in [-0.1, -0.05) is 6.08 Å². The van der Waals surface area contributed by atoms with Crippen LogP contribution >= 0.6 is 11.3 Å². The van der Waals surface area contributed by atoms with E-state index < -0.39 is 30.0 Å². The average Bonchev–Trinajstić information content (AvgIpc) is 3.04. The van der Waals surface area contributed by atoms with Crippen LogP contribution in [0, 0.1) is 0 Å². The van der Waals surface area contributed by atoms with Gasteiger partial charge in [-0.2, -0.15) is 0 Å². The van der Waals surface area contributed by atoms with Crippen LogP contribution in [-0.4, -0.2) is 43.7 Å². The minimum atomic E-state index is -0.555. The van der Waals surface area contributed by atoms with E-state index in [9.17, 15) is 4.79 Å². The number of ether oxygens (including phenoxy) is 2. The van der Waals surface area contributed by atoms with Crippen molar-refractivity contribution in [2.45, 2.75) is 71.9 Å². The lowest BCUT2D eigenvalue weighted by Gasteiger charge is -2.32. The van der Waals surface area contributed by atoms with E-state index in [2.05, 4.69) is 11.4 Å². The second-order valence-electron chi connectivity index (χ2n) is 8.94. The molecule has 0 radical (unpaired) electrons. The summed E-state index contributed by atoms with van der Waals surface area (Å²) in [5.41, 5.74) is 0.372. The fraction of sp³-hybridized carbons (Fsp3) is 0.650. The molecule has 0 atom stereocenters. The standard InChI is InChI=1S/C20H32BNO5S/c1-18(2,3)25-17(23)22-11-15(9-14-10-16(12-24-8)28-13-14)21-26-19(4,5)20(6,7)27-21/h9-10,13H,11-12H2,1-8H3,(H,22,23). The topological polar surface area (TPSA) is 66.0 Å². The minimum Gasteiger partial charge on any atom is -0.444 e. The molecular weight excluding hydrogens is 377 g/mol. The molecule has 1 aromatic rings. The smallest absolute Gasteiger partial charge is 0.444 e. The SMILES string of the molecule is COCc1cc(C=C(CNC(=O)OC(C)(C)C)B2OC(C)(C)C(C)(C)O2)cs1. The summed E-state index contributed by atoms with van der Waals surface area (Å²) >= 11 is 1.63. The first-order valence-electron chi connectivity index (χ1n) is 9.42. The van der Waals surface area contributed by atoms with Crippen LogP contribution in [0.3, 0.4) is 0 Å². The zero-order valence-corrected chi connectivity index (χ0v) is 19.0. The van der Waals surface area contributed by atoms with E-state index in [1.165, 1.54) is 0 Å². The van der Waals surface area contributed by atoms with Gasteiger partial charge in [0, 0.05) is 18.5 Å². The summed E-state index contributed by atoms with van der Waals surface area (Å²) in [6.45, 7) is 14.4. The number of amides is 1. The predicted molar refractivity (Wildman–Crippen MR) is 113 cm³/mol. The molecule has 1 saturated heterocycles. The summed E-state index contributed by atoms with van der Waals surface area (Å²) in [6.07, 6.45) is 1.52. The number of hydrogen-bond acceptors (Lipinski definition) is 6. The molecule has 0 spiro atoms. The number of alkyl carbamates (subject to hydrolysis) is 1. The van der Waals surface area contributed by atoms with Crippen molar-refractivity contribution in [1.82, 2.24) is 5.32 Å². The normalized spacial score (nSPS) is 19.0. The lowest BCUT2D eigenvalue weighted by Crippen LogP contribution is -2.41. The number of carbonyl (C=O) groups is 1. The fourth-order valence-electron chi connectivity index (χ4n) is 2.59. The molecule has 8 heteroatoms. The van der Waals surface area contributed by atoms with Crippen molar-refractivity contribution < 1.29 is 23.6 Å². The molecule has 2 heterocycles. The number of thiophene rings is 1. The highest BCUT2D eigenvalue weighted by molar-refractivity contribution is 7.10. The monoisotopic (exact) mass is 409 g/mol. The minimum absolute atomic E-state index is 0.265. The Morgan fingerprint density at radius 2 is 1.86 bits per heavy atom. The van der Waals surface area contributed by atoms with Crippen molar-refractivity contribution in [2.24, 2.45) is 0 Å². The Bertz CT molecular complexity index is 704. The molecule has 1 N–H and O–H groups in total. The van der Waals surface area contributed by atoms with Gasteiger partial charge >= 0.3 is 13.2 Å². The van der Waals surface area contributed by atoms with E-state index >= 15 is 0 Å². The second-order valence-corrected chi connectivity index (χ2v) is 9.94. The molecule has 0 bridgehead atoms. The highest BCUT2D eigenvalue weighted by Crippen LogP contribution is 2.38. The van der Waals surface area contributed by atoms with E-state index in [1.807, 2.05) is 59.9 Å². The Balaban J connectivity index is 2.20. The van der Waals surface area contributed by atoms with Crippen LogP contribution in [0.2, 0.25) is 0 Å². The molecule has 1 aromatic heterocycles. The van der Waals surface area contributed by atoms with Gasteiger partial charge in [-0.15, -0.1) is 11.3 Å². The Labute approximate surface area is 172 Å². The maximum absolute atomic E-state index is 12.1. The molecule has 2 rings (SSSR count). The molecule has 0 saturated carbocycles. The van der Waals surface area contributed by atoms with Crippen molar-refractivity contribution in [3.8, 4) is 0 Å². The van der Waals surface area contributed by atoms with Crippen LogP contribution in [-0.2, 0) is 25.4 Å². The van der Waals surface area contributed by atoms with E-state index in [-0.39, 0.29) is 6.54 Å². The first-order chi connectivity index (χ1) is 12.8. The van der Waals surface area contributed by atoms with Gasteiger partial charge in [0.05, 0.1) is 17.8 Å². The molecule has 1 fully saturated rings. The van der Waals surface area contributed by atoms with E-state index in [0.29, 0.717) is 6.61 Å². The van der Waals surface area contributed by atoms with Crippen LogP contribution in [0.1, 0.15) is 58.9 Å². The largest absolute Gasteiger partial charge is 0.492 e. The van der Waals surface area contributed by atoms with Crippen molar-refractivity contribution >= 4 is 30.6 Å². The van der Waals surface area contributed by atoms with Crippen LogP contribution in [0.15, 0.2) is 16.9 Å². The number of rotatable bonds is 6. The van der Waals surface area contributed by atoms with Crippen molar-refractivity contribution in [1.29, 1.82) is 0 Å². The number of nitrogens with one attached hydrogen (secondary N) is 1. The summed E-state index contributed by atoms with van der Waals surface area (Å²) in [6, 6.07) is 2.06. The van der Waals surface area contributed by atoms with Crippen molar-refractivity contribution in [3.63, 3.8) is 0 Å². The molecule has 28 heavy (non-hydrogen) atoms. The number of hydrogen-bond donors (Lipinski definition) is 1. The maximum Gasteiger partial charge on any atom is 0.492 e. The summed E-state index contributed by atoms with van der Waals surface area (Å²) in [7, 11) is 1.13. The third-order valence-corrected chi connectivity index (χ3v) is 5.63. The highest BCUT2D eigenvalue weighted by atomic mass is 32.1. The second kappa shape index (κ2) is 8.57. The Kier molecular flexibility index (Phi) is 7.02. The average molecular weight is 409 g/mol. The van der Waals surface area contributed by atoms with Crippen molar-refractivity contribution in [2.75, 3.05) is 13.7 Å². The molecule has 156 valence electrons. The van der Waals surface area contributed by atoms with Gasteiger partial charge in [-0.3, -0.25) is 0 Å². The maximum atomic E-state index is 12.1. The third-order valence-electron chi connectivity index (χ3n) is 4.70. The molecule has 0 aliphatic carbocycles. The fourth-order valence-corrected chi connectivity index (χ4v) is 3.40. The van der Waals surface area contributed by atoms with Crippen LogP contribution in [0.5, 0.6) is 0 Å². The summed E-state index contributed by atoms with van der Waals surface area (Å²) < 4.78 is 22.9. The predicted octanol–water partition coefficient (Wildman–Crippen LogP) is 4.43. The van der Waals surface area contributed by atoms with Gasteiger partial charge in [-0.25, -0.2) is 4.79 Å². The van der Waals surface area contributed by atoms with Gasteiger partial charge in [0.15, 0.2) is 0 Å². The summed E-state index contributed by atoms with van der Waals surface area (Å²) in [5.74, 6) is 0. The quantitative estimate of drug-likeness (QED) is 0.704. The first-order valence-corrected chi connectivity index (χ1v) is 10.3. The lowest BCUT2D eigenvalue weighted by atomic mass is 9.77. The van der Waals surface area contributed by atoms with Gasteiger partial charge in [0.2, 0.25) is 0 Å². The third kappa shape index (κ3) is 6.07. The Hall–Kier alpha value is -1.35. The summed E-state index contributed by atoms with van der Waals surface area (Å²) in [4.78, 5) is 13.2. The van der Waals surface area contributed by atoms with E-state index in [0.717, 1.165) is 15.9 Å². The number of methoxy groups -OCH3 is 1. The van der Waals surface area contributed by atoms with Gasteiger partial charge < -0.3 is 24.1 Å². The zero-order valence-electron chi connectivity index (χ0n) is 18.2. The van der Waals surface area contributed by atoms with Gasteiger partial charge in [0.25, 0.3) is 0 Å². The van der Waals surface area contributed by atoms with E-state index in [1.54, 1.807) is 18.4 Å². The molecule has 1 aliphatic heterocycles. The Morgan fingerprint density at radius 1 is 1.25 bits per heavy atom. The van der Waals surface area contributed by atoms with E-state index in [4.69, 9.17) is 18.8 Å². The van der Waals surface area contributed by atoms with Crippen molar-refractivity contribution in [3.05, 3.63) is 27.4 Å². The Morgan fingerprint density at radius 3 is 2.39 bits per heavy atom. The summed E-state index contributed by atoms with van der Waals surface area (Å²) in [5, 5.41) is 4.86. The molecule has 1 amide bonds. The molecule has 0 unspecified atom stereocenters.